The quantitative estimate of drug-likeness (QED) is 0.155. The van der Waals surface area contributed by atoms with Gasteiger partial charge < -0.3 is 10.2 Å². The molecule has 0 bridgehead atoms. The fourth-order valence-corrected chi connectivity index (χ4v) is 3.37. The van der Waals surface area contributed by atoms with Crippen LogP contribution in [0.1, 0.15) is 44.5 Å². The minimum atomic E-state index is -1.30. The molecule has 0 heterocycles. The van der Waals surface area contributed by atoms with Crippen molar-refractivity contribution in [3.63, 3.8) is 0 Å². The summed E-state index contributed by atoms with van der Waals surface area (Å²) in [5.41, 5.74) is 11.4. The molecule has 0 saturated heterocycles. The predicted octanol–water partition coefficient (Wildman–Crippen LogP) is 4.41. The van der Waals surface area contributed by atoms with Crippen LogP contribution in [0.3, 0.4) is 0 Å². The number of carboxylic acid groups (broad SMARTS) is 1. The average molecular weight is 423 g/mol. The molecule has 3 N–H and O–H groups in total. The van der Waals surface area contributed by atoms with Crippen LogP contribution in [0.2, 0.25) is 0 Å². The lowest BCUT2D eigenvalue weighted by Gasteiger charge is -2.44. The molecule has 9 nitrogen and oxygen atoms in total. The van der Waals surface area contributed by atoms with E-state index in [9.17, 15) is 14.7 Å². The fraction of sp³-hybridized carbons (Fsp3) is 0.318. The van der Waals surface area contributed by atoms with Gasteiger partial charge in [0, 0.05) is 27.7 Å². The van der Waals surface area contributed by atoms with E-state index in [0.29, 0.717) is 34.5 Å². The van der Waals surface area contributed by atoms with Crippen molar-refractivity contribution in [1.29, 1.82) is 0 Å². The number of nitrogens with one attached hydrogen (secondary N) is 1. The standard InChI is InChI=1S/C22H25N5O4/c1-14(11-19(28)29)9-10-22(31)15(2)12-18(13-21(22,3)4)24-26-20(30)16-5-7-17(8-6-16)25-27-23/h5-12,31H,13H2,1-4H3,(H,26,30)(H,28,29)/b10-9+,14-11-,24-18-/t22-/m1/s1. The molecule has 1 atom stereocenters. The maximum absolute atomic E-state index is 12.3. The molecule has 0 unspecified atom stereocenters. The smallest absolute Gasteiger partial charge is 0.328 e. The van der Waals surface area contributed by atoms with Crippen molar-refractivity contribution >= 4 is 23.3 Å². The van der Waals surface area contributed by atoms with E-state index in [1.807, 2.05) is 13.8 Å². The van der Waals surface area contributed by atoms with Crippen molar-refractivity contribution < 1.29 is 19.8 Å². The molecule has 1 aliphatic rings. The number of nitrogens with zero attached hydrogens (tertiary/aromatic N) is 4. The summed E-state index contributed by atoms with van der Waals surface area (Å²) in [6, 6.07) is 6.12. The lowest BCUT2D eigenvalue weighted by atomic mass is 9.64. The van der Waals surface area contributed by atoms with Gasteiger partial charge in [0.25, 0.3) is 5.91 Å². The van der Waals surface area contributed by atoms with E-state index in [2.05, 4.69) is 20.6 Å². The number of azide groups is 1. The highest BCUT2D eigenvalue weighted by molar-refractivity contribution is 6.00. The van der Waals surface area contributed by atoms with Crippen molar-refractivity contribution in [2.45, 2.75) is 39.7 Å². The van der Waals surface area contributed by atoms with Gasteiger partial charge in [0.15, 0.2) is 0 Å². The molecular weight excluding hydrogens is 398 g/mol. The number of aliphatic hydroxyl groups is 1. The summed E-state index contributed by atoms with van der Waals surface area (Å²) in [7, 11) is 0. The van der Waals surface area contributed by atoms with Crippen molar-refractivity contribution in [3.05, 3.63) is 75.7 Å². The zero-order valence-electron chi connectivity index (χ0n) is 17.8. The van der Waals surface area contributed by atoms with Gasteiger partial charge in [0.1, 0.15) is 5.60 Å². The monoisotopic (exact) mass is 423 g/mol. The minimum Gasteiger partial charge on any atom is -0.478 e. The van der Waals surface area contributed by atoms with Crippen LogP contribution in [0, 0.1) is 5.41 Å². The second-order valence-corrected chi connectivity index (χ2v) is 7.99. The molecule has 0 radical (unpaired) electrons. The molecule has 0 aliphatic heterocycles. The first-order valence-electron chi connectivity index (χ1n) is 9.52. The van der Waals surface area contributed by atoms with E-state index in [0.717, 1.165) is 6.08 Å². The lowest BCUT2D eigenvalue weighted by molar-refractivity contribution is -0.131. The van der Waals surface area contributed by atoms with E-state index in [1.165, 1.54) is 24.3 Å². The van der Waals surface area contributed by atoms with Crippen LogP contribution in [0.15, 0.2) is 69.9 Å². The normalized spacial score (nSPS) is 22.0. The summed E-state index contributed by atoms with van der Waals surface area (Å²) < 4.78 is 0. The first-order valence-corrected chi connectivity index (χ1v) is 9.52. The number of rotatable bonds is 6. The maximum atomic E-state index is 12.3. The number of carboxylic acids is 1. The molecule has 0 fully saturated rings. The molecule has 9 heteroatoms. The van der Waals surface area contributed by atoms with Crippen LogP contribution in [0.5, 0.6) is 0 Å². The van der Waals surface area contributed by atoms with Crippen LogP contribution < -0.4 is 5.43 Å². The van der Waals surface area contributed by atoms with E-state index in [1.54, 1.807) is 32.1 Å². The number of hydrazone groups is 1. The third-order valence-corrected chi connectivity index (χ3v) is 5.17. The number of hydrogen-bond acceptors (Lipinski definition) is 5. The summed E-state index contributed by atoms with van der Waals surface area (Å²) in [5, 5.41) is 27.8. The number of hydrogen-bond donors (Lipinski definition) is 3. The molecule has 1 aromatic rings. The highest BCUT2D eigenvalue weighted by Gasteiger charge is 2.46. The Morgan fingerprint density at radius 2 is 1.90 bits per heavy atom. The molecule has 1 aliphatic carbocycles. The Morgan fingerprint density at radius 3 is 2.45 bits per heavy atom. The Kier molecular flexibility index (Phi) is 7.17. The molecule has 31 heavy (non-hydrogen) atoms. The van der Waals surface area contributed by atoms with Gasteiger partial charge in [-0.2, -0.15) is 5.10 Å². The molecule has 0 saturated carbocycles. The van der Waals surface area contributed by atoms with Gasteiger partial charge in [-0.15, -0.1) is 0 Å². The van der Waals surface area contributed by atoms with Gasteiger partial charge in [-0.25, -0.2) is 10.2 Å². The van der Waals surface area contributed by atoms with Crippen LogP contribution in [-0.4, -0.2) is 33.4 Å². The van der Waals surface area contributed by atoms with Gasteiger partial charge in [-0.1, -0.05) is 37.2 Å². The zero-order valence-corrected chi connectivity index (χ0v) is 17.8. The fourth-order valence-electron chi connectivity index (χ4n) is 3.37. The molecular formula is C22H25N5O4. The van der Waals surface area contributed by atoms with Crippen LogP contribution in [-0.2, 0) is 4.79 Å². The Bertz CT molecular complexity index is 1040. The van der Waals surface area contributed by atoms with Gasteiger partial charge in [0.2, 0.25) is 0 Å². The van der Waals surface area contributed by atoms with Crippen LogP contribution >= 0.6 is 0 Å². The number of aliphatic carboxylic acids is 1. The number of allylic oxidation sites excluding steroid dienone is 3. The Balaban J connectivity index is 2.22. The third kappa shape index (κ3) is 5.69. The highest BCUT2D eigenvalue weighted by atomic mass is 16.4. The Morgan fingerprint density at radius 1 is 1.26 bits per heavy atom. The van der Waals surface area contributed by atoms with Crippen LogP contribution in [0.4, 0.5) is 5.69 Å². The first-order chi connectivity index (χ1) is 14.5. The number of amides is 1. The van der Waals surface area contributed by atoms with Crippen LogP contribution in [0.25, 0.3) is 10.4 Å². The van der Waals surface area contributed by atoms with Gasteiger partial charge in [-0.3, -0.25) is 4.79 Å². The molecule has 0 aromatic heterocycles. The number of carbonyl (C=O) groups excluding carboxylic acids is 1. The lowest BCUT2D eigenvalue weighted by Crippen LogP contribution is -2.48. The molecule has 162 valence electrons. The van der Waals surface area contributed by atoms with Gasteiger partial charge in [0.05, 0.1) is 5.71 Å². The number of benzene rings is 1. The zero-order chi connectivity index (χ0) is 23.2. The van der Waals surface area contributed by atoms with Crippen molar-refractivity contribution in [1.82, 2.24) is 5.43 Å². The molecule has 0 spiro atoms. The third-order valence-electron chi connectivity index (χ3n) is 5.17. The Hall–Kier alpha value is -3.68. The van der Waals surface area contributed by atoms with Gasteiger partial charge >= 0.3 is 5.97 Å². The topological polar surface area (TPSA) is 148 Å². The van der Waals surface area contributed by atoms with E-state index >= 15 is 0 Å². The molecule has 1 aromatic carbocycles. The van der Waals surface area contributed by atoms with Crippen molar-refractivity contribution in [2.75, 3.05) is 0 Å². The van der Waals surface area contributed by atoms with E-state index < -0.39 is 22.9 Å². The summed E-state index contributed by atoms with van der Waals surface area (Å²) >= 11 is 0. The number of carbonyl (C=O) groups is 2. The SMILES string of the molecule is CC1=C/C(=N/NC(=O)c2ccc(N=[N+]=[N-])cc2)CC(C)(C)[C@@]1(O)/C=C/C(C)=C\C(=O)O. The molecule has 1 amide bonds. The van der Waals surface area contributed by atoms with Crippen molar-refractivity contribution in [3.8, 4) is 0 Å². The predicted molar refractivity (Wildman–Crippen MR) is 118 cm³/mol. The van der Waals surface area contributed by atoms with Crippen molar-refractivity contribution in [2.24, 2.45) is 15.6 Å². The second-order valence-electron chi connectivity index (χ2n) is 7.99. The summed E-state index contributed by atoms with van der Waals surface area (Å²) in [5.74, 6) is -1.47. The highest BCUT2D eigenvalue weighted by Crippen LogP contribution is 2.44. The average Bonchev–Trinajstić information content (AvgIpc) is 2.69. The first kappa shape index (κ1) is 23.6. The van der Waals surface area contributed by atoms with E-state index in [-0.39, 0.29) is 0 Å². The largest absolute Gasteiger partial charge is 0.478 e. The summed E-state index contributed by atoms with van der Waals surface area (Å²) in [6.07, 6.45) is 6.32. The van der Waals surface area contributed by atoms with E-state index in [4.69, 9.17) is 10.6 Å². The minimum absolute atomic E-state index is 0.358. The Labute approximate surface area is 180 Å². The molecule has 2 rings (SSSR count). The summed E-state index contributed by atoms with van der Waals surface area (Å²) in [4.78, 5) is 25.8. The maximum Gasteiger partial charge on any atom is 0.328 e. The van der Waals surface area contributed by atoms with Gasteiger partial charge in [-0.05, 0) is 61.2 Å². The second kappa shape index (κ2) is 9.42. The summed E-state index contributed by atoms with van der Waals surface area (Å²) in [6.45, 7) is 7.14.